The fraction of sp³-hybridized carbons (Fsp3) is 0.562. The minimum absolute atomic E-state index is 0.0193. The highest BCUT2D eigenvalue weighted by atomic mass is 32.2. The van der Waals surface area contributed by atoms with Gasteiger partial charge in [0.2, 0.25) is 0 Å². The number of hydrogen-bond acceptors (Lipinski definition) is 5. The summed E-state index contributed by atoms with van der Waals surface area (Å²) in [6.45, 7) is 3.28. The molecule has 0 spiro atoms. The lowest BCUT2D eigenvalue weighted by Crippen LogP contribution is -2.35. The lowest BCUT2D eigenvalue weighted by atomic mass is 9.95. The minimum Gasteiger partial charge on any atom is -0.462 e. The third-order valence-electron chi connectivity index (χ3n) is 4.57. The maximum atomic E-state index is 12.4. The van der Waals surface area contributed by atoms with Crippen LogP contribution in [-0.2, 0) is 23.8 Å². The van der Waals surface area contributed by atoms with Crippen molar-refractivity contribution in [2.45, 2.75) is 50.2 Å². The number of aryl methyl sites for hydroxylation is 1. The quantitative estimate of drug-likeness (QED) is 0.628. The van der Waals surface area contributed by atoms with Crippen LogP contribution in [-0.4, -0.2) is 26.6 Å². The van der Waals surface area contributed by atoms with Gasteiger partial charge in [-0.1, -0.05) is 17.7 Å². The Hall–Kier alpha value is -1.40. The van der Waals surface area contributed by atoms with Gasteiger partial charge in [0.25, 0.3) is 10.1 Å². The van der Waals surface area contributed by atoms with Crippen molar-refractivity contribution in [3.8, 4) is 0 Å². The van der Waals surface area contributed by atoms with E-state index in [4.69, 9.17) is 8.92 Å². The molecule has 0 aromatic heterocycles. The van der Waals surface area contributed by atoms with Crippen LogP contribution in [0.5, 0.6) is 0 Å². The summed E-state index contributed by atoms with van der Waals surface area (Å²) >= 11 is 0. The predicted octanol–water partition coefficient (Wildman–Crippen LogP) is 2.43. The Balaban J connectivity index is 1.73. The van der Waals surface area contributed by atoms with Gasteiger partial charge in [-0.2, -0.15) is 8.42 Å². The molecule has 0 unspecified atom stereocenters. The molecule has 1 aromatic rings. The van der Waals surface area contributed by atoms with E-state index in [0.717, 1.165) is 18.4 Å². The van der Waals surface area contributed by atoms with E-state index in [2.05, 4.69) is 0 Å². The fourth-order valence-electron chi connectivity index (χ4n) is 3.61. The summed E-state index contributed by atoms with van der Waals surface area (Å²) in [5, 5.41) is 0. The topological polar surface area (TPSA) is 69.7 Å². The number of fused-ring (bicyclic) bond motifs is 2. The van der Waals surface area contributed by atoms with Crippen molar-refractivity contribution >= 4 is 16.1 Å². The molecular weight excluding hydrogens is 304 g/mol. The molecule has 2 aliphatic rings. The Kier molecular flexibility index (Phi) is 3.99. The number of hydrogen-bond donors (Lipinski definition) is 0. The summed E-state index contributed by atoms with van der Waals surface area (Å²) in [5.41, 5.74) is 0.994. The first-order valence-corrected chi connectivity index (χ1v) is 8.93. The molecule has 0 aliphatic heterocycles. The van der Waals surface area contributed by atoms with Crippen molar-refractivity contribution in [2.75, 3.05) is 0 Å². The lowest BCUT2D eigenvalue weighted by Gasteiger charge is -2.28. The molecule has 22 heavy (non-hydrogen) atoms. The monoisotopic (exact) mass is 324 g/mol. The number of esters is 1. The molecule has 2 aliphatic carbocycles. The van der Waals surface area contributed by atoms with E-state index in [0.29, 0.717) is 12.3 Å². The van der Waals surface area contributed by atoms with Gasteiger partial charge in [0.05, 0.1) is 11.0 Å². The highest BCUT2D eigenvalue weighted by Gasteiger charge is 2.50. The van der Waals surface area contributed by atoms with Gasteiger partial charge in [0.15, 0.2) is 0 Å². The van der Waals surface area contributed by atoms with Crippen molar-refractivity contribution < 1.29 is 22.1 Å². The molecule has 2 fully saturated rings. The molecule has 6 heteroatoms. The molecule has 0 heterocycles. The molecule has 0 N–H and O–H groups in total. The molecule has 0 radical (unpaired) electrons. The number of ether oxygens (including phenoxy) is 1. The summed E-state index contributed by atoms with van der Waals surface area (Å²) in [4.78, 5) is 11.3. The van der Waals surface area contributed by atoms with E-state index < -0.39 is 16.2 Å². The van der Waals surface area contributed by atoms with Crippen LogP contribution in [0, 0.1) is 18.8 Å². The second kappa shape index (κ2) is 5.66. The summed E-state index contributed by atoms with van der Waals surface area (Å²) < 4.78 is 35.5. The van der Waals surface area contributed by atoms with Crippen molar-refractivity contribution in [1.29, 1.82) is 0 Å². The summed E-state index contributed by atoms with van der Waals surface area (Å²) in [5.74, 6) is 0.0411. The van der Waals surface area contributed by atoms with E-state index in [1.165, 1.54) is 6.92 Å². The number of rotatable bonds is 4. The second-order valence-corrected chi connectivity index (χ2v) is 7.86. The van der Waals surface area contributed by atoms with Crippen LogP contribution >= 0.6 is 0 Å². The molecule has 2 saturated carbocycles. The van der Waals surface area contributed by atoms with Gasteiger partial charge in [-0.05, 0) is 44.2 Å². The third-order valence-corrected chi connectivity index (χ3v) is 5.92. The first kappa shape index (κ1) is 15.5. The van der Waals surface area contributed by atoms with E-state index in [9.17, 15) is 13.2 Å². The number of benzene rings is 1. The second-order valence-electron chi connectivity index (χ2n) is 6.29. The van der Waals surface area contributed by atoms with Gasteiger partial charge >= 0.3 is 5.97 Å². The van der Waals surface area contributed by atoms with Crippen molar-refractivity contribution in [3.63, 3.8) is 0 Å². The SMILES string of the molecule is CC(=O)O[C@@H]1C[C@H]2C[C@@H]1[C@@H](OS(=O)(=O)c1ccc(C)cc1)C2. The molecule has 3 rings (SSSR count). The highest BCUT2D eigenvalue weighted by molar-refractivity contribution is 7.86. The van der Waals surface area contributed by atoms with Gasteiger partial charge in [-0.3, -0.25) is 8.98 Å². The Bertz CT molecular complexity index is 664. The number of carbonyl (C=O) groups excluding carboxylic acids is 1. The average Bonchev–Trinajstić information content (AvgIpc) is 2.97. The van der Waals surface area contributed by atoms with Crippen LogP contribution < -0.4 is 0 Å². The summed E-state index contributed by atoms with van der Waals surface area (Å²) in [6.07, 6.45) is 1.79. The highest BCUT2D eigenvalue weighted by Crippen LogP contribution is 2.48. The minimum atomic E-state index is -3.78. The lowest BCUT2D eigenvalue weighted by molar-refractivity contribution is -0.150. The molecule has 2 bridgehead atoms. The molecule has 120 valence electrons. The van der Waals surface area contributed by atoms with Crippen LogP contribution in [0.1, 0.15) is 31.7 Å². The zero-order chi connectivity index (χ0) is 15.9. The van der Waals surface area contributed by atoms with Crippen molar-refractivity contribution in [2.24, 2.45) is 11.8 Å². The first-order chi connectivity index (χ1) is 10.3. The molecule has 4 atom stereocenters. The predicted molar refractivity (Wildman–Crippen MR) is 79.6 cm³/mol. The Morgan fingerprint density at radius 3 is 2.32 bits per heavy atom. The van der Waals surface area contributed by atoms with Crippen LogP contribution in [0.2, 0.25) is 0 Å². The van der Waals surface area contributed by atoms with Gasteiger partial charge in [-0.15, -0.1) is 0 Å². The standard InChI is InChI=1S/C16H20O5S/c1-10-3-5-13(6-4-10)22(18,19)21-16-9-12-7-14(16)15(8-12)20-11(2)17/h3-6,12,14-16H,7-9H2,1-2H3/t12-,14+,15-,16+/m1/s1. The maximum absolute atomic E-state index is 12.4. The normalized spacial score (nSPS) is 30.5. The molecule has 1 aromatic carbocycles. The molecule has 0 saturated heterocycles. The van der Waals surface area contributed by atoms with Crippen LogP contribution in [0.3, 0.4) is 0 Å². The Labute approximate surface area is 130 Å². The van der Waals surface area contributed by atoms with E-state index >= 15 is 0 Å². The van der Waals surface area contributed by atoms with Gasteiger partial charge in [-0.25, -0.2) is 0 Å². The zero-order valence-electron chi connectivity index (χ0n) is 12.7. The van der Waals surface area contributed by atoms with E-state index in [1.807, 2.05) is 6.92 Å². The summed E-state index contributed by atoms with van der Waals surface area (Å²) in [6, 6.07) is 6.61. The Morgan fingerprint density at radius 2 is 1.73 bits per heavy atom. The first-order valence-electron chi connectivity index (χ1n) is 7.52. The third kappa shape index (κ3) is 3.03. The van der Waals surface area contributed by atoms with Crippen molar-refractivity contribution in [1.82, 2.24) is 0 Å². The largest absolute Gasteiger partial charge is 0.462 e. The average molecular weight is 324 g/mol. The maximum Gasteiger partial charge on any atom is 0.302 e. The van der Waals surface area contributed by atoms with Gasteiger partial charge in [0, 0.05) is 12.8 Å². The fourth-order valence-corrected chi connectivity index (χ4v) is 4.73. The molecule has 5 nitrogen and oxygen atoms in total. The van der Waals surface area contributed by atoms with Crippen LogP contribution in [0.15, 0.2) is 29.2 Å². The van der Waals surface area contributed by atoms with Crippen molar-refractivity contribution in [3.05, 3.63) is 29.8 Å². The van der Waals surface area contributed by atoms with Crippen LogP contribution in [0.4, 0.5) is 0 Å². The van der Waals surface area contributed by atoms with Crippen LogP contribution in [0.25, 0.3) is 0 Å². The van der Waals surface area contributed by atoms with E-state index in [-0.39, 0.29) is 22.9 Å². The molecular formula is C16H20O5S. The van der Waals surface area contributed by atoms with Gasteiger partial charge in [0.1, 0.15) is 6.10 Å². The number of carbonyl (C=O) groups is 1. The smallest absolute Gasteiger partial charge is 0.302 e. The molecule has 0 amide bonds. The van der Waals surface area contributed by atoms with Gasteiger partial charge < -0.3 is 4.74 Å². The summed E-state index contributed by atoms with van der Waals surface area (Å²) in [7, 11) is -3.78. The Morgan fingerprint density at radius 1 is 1.09 bits per heavy atom. The van der Waals surface area contributed by atoms with E-state index in [1.54, 1.807) is 24.3 Å². The zero-order valence-corrected chi connectivity index (χ0v) is 13.5.